The van der Waals surface area contributed by atoms with Gasteiger partial charge in [-0.3, -0.25) is 4.79 Å². The summed E-state index contributed by atoms with van der Waals surface area (Å²) in [5.74, 6) is -0.497. The molecule has 0 radical (unpaired) electrons. The van der Waals surface area contributed by atoms with Gasteiger partial charge in [-0.1, -0.05) is 61.1 Å². The molecule has 1 aliphatic carbocycles. The molecule has 1 aliphatic heterocycles. The number of allylic oxidation sites excluding steroid dienone is 1. The average Bonchev–Trinajstić information content (AvgIpc) is 2.69. The van der Waals surface area contributed by atoms with Crippen LogP contribution in [-0.4, -0.2) is 41.1 Å². The van der Waals surface area contributed by atoms with Gasteiger partial charge in [0.15, 0.2) is 5.60 Å². The second-order valence-electron chi connectivity index (χ2n) is 7.74. The Morgan fingerprint density at radius 3 is 2.79 bits per heavy atom. The predicted octanol–water partition coefficient (Wildman–Crippen LogP) is 2.70. The van der Waals surface area contributed by atoms with Crippen molar-refractivity contribution in [2.75, 3.05) is 13.6 Å². The number of rotatable bonds is 6. The van der Waals surface area contributed by atoms with Crippen molar-refractivity contribution in [2.45, 2.75) is 43.7 Å². The van der Waals surface area contributed by atoms with Crippen LogP contribution in [0.25, 0.3) is 0 Å². The Morgan fingerprint density at radius 2 is 2.11 bits per heavy atom. The van der Waals surface area contributed by atoms with E-state index in [2.05, 4.69) is 23.3 Å². The van der Waals surface area contributed by atoms with Gasteiger partial charge >= 0.3 is 5.97 Å². The number of nitrogens with two attached hydrogens (primary N) is 2. The van der Waals surface area contributed by atoms with Gasteiger partial charge in [0.1, 0.15) is 11.0 Å². The van der Waals surface area contributed by atoms with Crippen LogP contribution in [0.1, 0.15) is 31.2 Å². The minimum absolute atomic E-state index is 0.0503. The maximum atomic E-state index is 12.9. The van der Waals surface area contributed by atoms with E-state index >= 15 is 0 Å². The van der Waals surface area contributed by atoms with Crippen molar-refractivity contribution in [3.63, 3.8) is 0 Å². The fourth-order valence-electron chi connectivity index (χ4n) is 4.16. The molecule has 2 aliphatic rings. The molecule has 1 aromatic carbocycles. The molecule has 0 saturated heterocycles. The van der Waals surface area contributed by atoms with Crippen molar-refractivity contribution in [1.29, 1.82) is 0 Å². The van der Waals surface area contributed by atoms with Crippen LogP contribution in [0.2, 0.25) is 0 Å². The first-order chi connectivity index (χ1) is 13.4. The van der Waals surface area contributed by atoms with Crippen molar-refractivity contribution in [3.05, 3.63) is 59.8 Å². The molecule has 1 fully saturated rings. The number of ether oxygens (including phenoxy) is 1. The van der Waals surface area contributed by atoms with Crippen LogP contribution in [0.15, 0.2) is 54.3 Å². The van der Waals surface area contributed by atoms with E-state index in [-0.39, 0.29) is 10.9 Å². The van der Waals surface area contributed by atoms with Crippen LogP contribution >= 0.6 is 12.2 Å². The quantitative estimate of drug-likeness (QED) is 0.565. The van der Waals surface area contributed by atoms with E-state index in [0.29, 0.717) is 12.8 Å². The Labute approximate surface area is 172 Å². The monoisotopic (exact) mass is 399 g/mol. The Hall–Kier alpha value is -2.18. The SMILES string of the molecule is CN1C=C([C@@H]2CCCC[C@]2(OC(=O)[C@@H](N)Cc2ccccc2)C(N)=S)C=CC1. The minimum atomic E-state index is -0.979. The molecule has 4 N–H and O–H groups in total. The third kappa shape index (κ3) is 4.45. The second-order valence-corrected chi connectivity index (χ2v) is 8.18. The number of carbonyl (C=O) groups is 1. The van der Waals surface area contributed by atoms with Gasteiger partial charge in [-0.25, -0.2) is 0 Å². The molecule has 1 aromatic rings. The summed E-state index contributed by atoms with van der Waals surface area (Å²) in [5, 5.41) is 0. The summed E-state index contributed by atoms with van der Waals surface area (Å²) >= 11 is 5.43. The number of nitrogens with zero attached hydrogens (tertiary/aromatic N) is 1. The van der Waals surface area contributed by atoms with Crippen molar-refractivity contribution in [3.8, 4) is 0 Å². The normalized spacial score (nSPS) is 25.7. The highest BCUT2D eigenvalue weighted by Crippen LogP contribution is 2.42. The average molecular weight is 400 g/mol. The van der Waals surface area contributed by atoms with E-state index in [4.69, 9.17) is 28.4 Å². The van der Waals surface area contributed by atoms with Crippen LogP contribution in [-0.2, 0) is 16.0 Å². The largest absolute Gasteiger partial charge is 0.450 e. The van der Waals surface area contributed by atoms with Gasteiger partial charge in [0.2, 0.25) is 0 Å². The smallest absolute Gasteiger partial charge is 0.324 e. The molecule has 0 bridgehead atoms. The van der Waals surface area contributed by atoms with Crippen molar-refractivity contribution in [1.82, 2.24) is 4.90 Å². The van der Waals surface area contributed by atoms with Crippen LogP contribution in [0.5, 0.6) is 0 Å². The molecule has 6 heteroatoms. The van der Waals surface area contributed by atoms with Crippen LogP contribution in [0, 0.1) is 5.92 Å². The molecule has 0 spiro atoms. The molecule has 3 atom stereocenters. The number of likely N-dealkylation sites (N-methyl/N-ethyl adjacent to an activating group) is 1. The number of thiocarbonyl (C=S) groups is 1. The number of esters is 1. The van der Waals surface area contributed by atoms with Gasteiger partial charge in [-0.2, -0.15) is 0 Å². The summed E-state index contributed by atoms with van der Waals surface area (Å²) < 4.78 is 6.05. The predicted molar refractivity (Wildman–Crippen MR) is 116 cm³/mol. The summed E-state index contributed by atoms with van der Waals surface area (Å²) in [5.41, 5.74) is 13.5. The summed E-state index contributed by atoms with van der Waals surface area (Å²) in [6.07, 6.45) is 10.2. The third-order valence-corrected chi connectivity index (χ3v) is 5.98. The summed E-state index contributed by atoms with van der Waals surface area (Å²) in [7, 11) is 2.02. The summed E-state index contributed by atoms with van der Waals surface area (Å²) in [6.45, 7) is 0.859. The standard InChI is InChI=1S/C22H29N3O2S/c1-25-13-7-10-17(15-25)18-11-5-6-12-22(18,21(24)28)27-20(26)19(23)14-16-8-3-2-4-9-16/h2-4,7-10,15,18-19H,5-6,11-14,23H2,1H3,(H2,24,28)/t18-,19-,22+/m0/s1. The van der Waals surface area contributed by atoms with Gasteiger partial charge in [-0.05, 0) is 36.8 Å². The number of carbonyl (C=O) groups excluding carboxylic acids is 1. The Morgan fingerprint density at radius 1 is 1.36 bits per heavy atom. The maximum Gasteiger partial charge on any atom is 0.324 e. The fourth-order valence-corrected chi connectivity index (χ4v) is 4.45. The molecule has 0 unspecified atom stereocenters. The van der Waals surface area contributed by atoms with E-state index in [1.54, 1.807) is 0 Å². The van der Waals surface area contributed by atoms with E-state index in [1.165, 1.54) is 0 Å². The highest BCUT2D eigenvalue weighted by molar-refractivity contribution is 7.80. The topological polar surface area (TPSA) is 81.6 Å². The molecule has 0 amide bonds. The summed E-state index contributed by atoms with van der Waals surface area (Å²) in [6, 6.07) is 8.94. The molecule has 1 heterocycles. The number of hydrogen-bond acceptors (Lipinski definition) is 5. The van der Waals surface area contributed by atoms with Crippen LogP contribution in [0.3, 0.4) is 0 Å². The molecule has 28 heavy (non-hydrogen) atoms. The lowest BCUT2D eigenvalue weighted by Crippen LogP contribution is -2.56. The van der Waals surface area contributed by atoms with Crippen LogP contribution < -0.4 is 11.5 Å². The Balaban J connectivity index is 1.82. The number of benzene rings is 1. The first kappa shape index (κ1) is 20.6. The van der Waals surface area contributed by atoms with E-state index in [9.17, 15) is 4.79 Å². The highest BCUT2D eigenvalue weighted by Gasteiger charge is 2.48. The van der Waals surface area contributed by atoms with Crippen molar-refractivity contribution in [2.24, 2.45) is 17.4 Å². The zero-order valence-corrected chi connectivity index (χ0v) is 17.2. The first-order valence-electron chi connectivity index (χ1n) is 9.83. The van der Waals surface area contributed by atoms with Gasteiger partial charge in [0, 0.05) is 25.7 Å². The number of hydrogen-bond donors (Lipinski definition) is 2. The minimum Gasteiger partial charge on any atom is -0.450 e. The molecular formula is C22H29N3O2S. The van der Waals surface area contributed by atoms with Gasteiger partial charge < -0.3 is 21.1 Å². The van der Waals surface area contributed by atoms with E-state index in [0.717, 1.165) is 36.9 Å². The molecule has 3 rings (SSSR count). The zero-order chi connectivity index (χ0) is 20.1. The summed E-state index contributed by atoms with van der Waals surface area (Å²) in [4.78, 5) is 15.3. The lowest BCUT2D eigenvalue weighted by Gasteiger charge is -2.44. The van der Waals surface area contributed by atoms with Gasteiger partial charge in [-0.15, -0.1) is 0 Å². The Kier molecular flexibility index (Phi) is 6.52. The molecule has 1 saturated carbocycles. The molecular weight excluding hydrogens is 370 g/mol. The van der Waals surface area contributed by atoms with E-state index < -0.39 is 17.6 Å². The van der Waals surface area contributed by atoms with Gasteiger partial charge in [0.25, 0.3) is 0 Å². The molecule has 5 nitrogen and oxygen atoms in total. The molecule has 150 valence electrons. The van der Waals surface area contributed by atoms with Crippen LogP contribution in [0.4, 0.5) is 0 Å². The lowest BCUT2D eigenvalue weighted by molar-refractivity contribution is -0.160. The first-order valence-corrected chi connectivity index (χ1v) is 10.2. The molecule has 0 aromatic heterocycles. The van der Waals surface area contributed by atoms with Gasteiger partial charge in [0.05, 0.1) is 0 Å². The van der Waals surface area contributed by atoms with Crippen molar-refractivity contribution >= 4 is 23.2 Å². The third-order valence-electron chi connectivity index (χ3n) is 5.63. The Bertz CT molecular complexity index is 777. The van der Waals surface area contributed by atoms with E-state index in [1.807, 2.05) is 37.4 Å². The zero-order valence-electron chi connectivity index (χ0n) is 16.3. The lowest BCUT2D eigenvalue weighted by atomic mass is 9.71. The second kappa shape index (κ2) is 8.88. The highest BCUT2D eigenvalue weighted by atomic mass is 32.1. The maximum absolute atomic E-state index is 12.9. The van der Waals surface area contributed by atoms with Crippen molar-refractivity contribution < 1.29 is 9.53 Å². The fraction of sp³-hybridized carbons (Fsp3) is 0.455.